The first-order valence-electron chi connectivity index (χ1n) is 16.7. The molecule has 1 aromatic heterocycles. The van der Waals surface area contributed by atoms with Crippen LogP contribution in [0.4, 0.5) is 0 Å². The summed E-state index contributed by atoms with van der Waals surface area (Å²) in [5.41, 5.74) is 5.52. The highest BCUT2D eigenvalue weighted by Crippen LogP contribution is 2.46. The number of esters is 1. The third-order valence-corrected chi connectivity index (χ3v) is 18.8. The maximum absolute atomic E-state index is 14.2. The third-order valence-electron chi connectivity index (χ3n) is 9.82. The number of aromatic nitrogens is 2. The average Bonchev–Trinajstić information content (AvgIpc) is 3.23. The van der Waals surface area contributed by atoms with E-state index in [4.69, 9.17) is 28.8 Å². The lowest BCUT2D eigenvalue weighted by Crippen LogP contribution is -2.54. The van der Waals surface area contributed by atoms with Crippen LogP contribution in [-0.4, -0.2) is 68.8 Å². The molecule has 5 atom stereocenters. The minimum absolute atomic E-state index is 0.0554. The lowest BCUT2D eigenvalue weighted by Gasteiger charge is -2.44. The first kappa shape index (κ1) is 39.9. The van der Waals surface area contributed by atoms with Crippen LogP contribution >= 0.6 is 0 Å². The Morgan fingerprint density at radius 2 is 1.40 bits per heavy atom. The summed E-state index contributed by atoms with van der Waals surface area (Å²) in [5.74, 6) is 0.123. The van der Waals surface area contributed by atoms with Crippen LogP contribution in [0.2, 0.25) is 36.3 Å². The van der Waals surface area contributed by atoms with Crippen LogP contribution in [0.15, 0.2) is 46.1 Å². The fourth-order valence-electron chi connectivity index (χ4n) is 4.93. The van der Waals surface area contributed by atoms with Crippen LogP contribution in [0.5, 0.6) is 5.75 Å². The zero-order valence-electron chi connectivity index (χ0n) is 31.5. The molecular formula is C35H59N3O8Si2. The molecule has 3 rings (SSSR count). The number of carbonyl (C=O) groups is 1. The van der Waals surface area contributed by atoms with Gasteiger partial charge in [-0.3, -0.25) is 18.7 Å². The smallest absolute Gasteiger partial charge is 0.333 e. The van der Waals surface area contributed by atoms with E-state index in [2.05, 4.69) is 67.7 Å². The normalized spacial score (nSPS) is 21.6. The molecule has 0 radical (unpaired) electrons. The number of hydrogen-bond donors (Lipinski definition) is 1. The molecule has 1 aromatic carbocycles. The lowest BCUT2D eigenvalue weighted by atomic mass is 10.0. The van der Waals surface area contributed by atoms with Gasteiger partial charge in [-0.05, 0) is 74.7 Å². The second-order valence-corrected chi connectivity index (χ2v) is 26.4. The van der Waals surface area contributed by atoms with Crippen LogP contribution in [-0.2, 0) is 29.7 Å². The van der Waals surface area contributed by atoms with E-state index >= 15 is 0 Å². The van der Waals surface area contributed by atoms with Crippen molar-refractivity contribution < 1.29 is 27.9 Å². The molecule has 11 nitrogen and oxygen atoms in total. The lowest BCUT2D eigenvalue weighted by molar-refractivity contribution is -0.157. The van der Waals surface area contributed by atoms with Crippen molar-refractivity contribution in [3.05, 3.63) is 62.9 Å². The molecule has 13 heteroatoms. The van der Waals surface area contributed by atoms with Crippen LogP contribution in [0, 0.1) is 0 Å². The molecule has 0 unspecified atom stereocenters. The fraction of sp³-hybridized carbons (Fsp3) is 0.686. The summed E-state index contributed by atoms with van der Waals surface area (Å²) < 4.78 is 34.4. The summed E-state index contributed by atoms with van der Waals surface area (Å²) in [6, 6.07) is 7.55. The monoisotopic (exact) mass is 705 g/mol. The summed E-state index contributed by atoms with van der Waals surface area (Å²) in [6.45, 7) is 26.9. The number of rotatable bonds is 11. The van der Waals surface area contributed by atoms with Crippen molar-refractivity contribution in [2.24, 2.45) is 5.73 Å². The molecule has 2 heterocycles. The van der Waals surface area contributed by atoms with Crippen LogP contribution in [0.1, 0.15) is 80.5 Å². The second-order valence-electron chi connectivity index (χ2n) is 16.9. The van der Waals surface area contributed by atoms with E-state index in [0.717, 1.165) is 5.56 Å². The third kappa shape index (κ3) is 9.36. The number of benzene rings is 1. The number of carbonyl (C=O) groups excluding carboxylic acids is 1. The van der Waals surface area contributed by atoms with E-state index in [1.54, 1.807) is 40.0 Å². The maximum atomic E-state index is 14.2. The highest BCUT2D eigenvalue weighted by molar-refractivity contribution is 6.74. The molecule has 1 aliphatic rings. The Morgan fingerprint density at radius 3 is 1.88 bits per heavy atom. The van der Waals surface area contributed by atoms with E-state index in [-0.39, 0.29) is 23.0 Å². The quantitative estimate of drug-likeness (QED) is 0.227. The maximum Gasteiger partial charge on any atom is 0.333 e. The molecule has 0 amide bonds. The van der Waals surface area contributed by atoms with Crippen molar-refractivity contribution in [1.82, 2.24) is 9.13 Å². The van der Waals surface area contributed by atoms with Gasteiger partial charge in [0, 0.05) is 18.7 Å². The first-order chi connectivity index (χ1) is 21.8. The number of nitrogens with two attached hydrogens (primary N) is 1. The summed E-state index contributed by atoms with van der Waals surface area (Å²) in [7, 11) is -3.40. The van der Waals surface area contributed by atoms with Crippen molar-refractivity contribution in [2.45, 2.75) is 148 Å². The molecule has 2 aromatic rings. The SMILES string of the molecule is COc1ccc(Cn2c(=O)ccn([C@@H]3O[C@H](C[C@@H](N)C(=O)OC(C)(C)C)[C@@H](O[Si](C)(C)C(C)(C)C)[C@H]3O[Si](C)(C)C(C)(C)C)c2=O)cc1. The Morgan fingerprint density at radius 1 is 0.875 bits per heavy atom. The Balaban J connectivity index is 2.18. The largest absolute Gasteiger partial charge is 0.497 e. The molecule has 1 fully saturated rings. The average molecular weight is 706 g/mol. The van der Waals surface area contributed by atoms with Gasteiger partial charge in [0.05, 0.1) is 19.8 Å². The molecule has 2 N–H and O–H groups in total. The number of ether oxygens (including phenoxy) is 3. The predicted octanol–water partition coefficient (Wildman–Crippen LogP) is 5.80. The number of hydrogen-bond acceptors (Lipinski definition) is 9. The van der Waals surface area contributed by atoms with Gasteiger partial charge in [0.15, 0.2) is 22.9 Å². The van der Waals surface area contributed by atoms with Crippen molar-refractivity contribution in [3.8, 4) is 5.75 Å². The van der Waals surface area contributed by atoms with Crippen molar-refractivity contribution in [2.75, 3.05) is 7.11 Å². The number of nitrogens with zero attached hydrogens (tertiary/aromatic N) is 2. The van der Waals surface area contributed by atoms with Crippen LogP contribution < -0.4 is 21.7 Å². The van der Waals surface area contributed by atoms with E-state index < -0.39 is 70.0 Å². The van der Waals surface area contributed by atoms with Gasteiger partial charge in [-0.25, -0.2) is 4.79 Å². The Bertz CT molecular complexity index is 1530. The molecule has 0 bridgehead atoms. The van der Waals surface area contributed by atoms with Gasteiger partial charge in [-0.15, -0.1) is 0 Å². The minimum Gasteiger partial charge on any atom is -0.497 e. The van der Waals surface area contributed by atoms with E-state index in [9.17, 15) is 14.4 Å². The molecule has 0 spiro atoms. The van der Waals surface area contributed by atoms with E-state index in [0.29, 0.717) is 5.75 Å². The Kier molecular flexibility index (Phi) is 11.9. The number of methoxy groups -OCH3 is 1. The molecule has 1 saturated heterocycles. The highest BCUT2D eigenvalue weighted by atomic mass is 28.4. The van der Waals surface area contributed by atoms with Crippen molar-refractivity contribution >= 4 is 22.6 Å². The van der Waals surface area contributed by atoms with Crippen molar-refractivity contribution in [1.29, 1.82) is 0 Å². The molecule has 0 saturated carbocycles. The molecule has 1 aliphatic heterocycles. The van der Waals surface area contributed by atoms with Crippen molar-refractivity contribution in [3.63, 3.8) is 0 Å². The zero-order chi connectivity index (χ0) is 36.6. The van der Waals surface area contributed by atoms with Gasteiger partial charge in [0.2, 0.25) is 0 Å². The predicted molar refractivity (Wildman–Crippen MR) is 194 cm³/mol. The fourth-order valence-corrected chi connectivity index (χ4v) is 7.54. The summed E-state index contributed by atoms with van der Waals surface area (Å²) in [5, 5.41) is -0.338. The van der Waals surface area contributed by atoms with Gasteiger partial charge in [0.25, 0.3) is 5.56 Å². The van der Waals surface area contributed by atoms with Crippen LogP contribution in [0.3, 0.4) is 0 Å². The highest BCUT2D eigenvalue weighted by Gasteiger charge is 2.55. The minimum atomic E-state index is -2.51. The van der Waals surface area contributed by atoms with E-state index in [1.807, 2.05) is 12.1 Å². The van der Waals surface area contributed by atoms with Gasteiger partial charge in [-0.1, -0.05) is 53.7 Å². The van der Waals surface area contributed by atoms with E-state index in [1.165, 1.54) is 21.4 Å². The molecule has 48 heavy (non-hydrogen) atoms. The standard InChI is InChI=1S/C35H59N3O8Si2/c1-33(2,3)44-31(40)25(36)21-26-28(45-47(11,12)34(4,5)6)29(46-48(13,14)35(7,8)9)30(43-26)37-20-19-27(39)38(32(37)41)22-23-15-17-24(42-10)18-16-23/h15-20,25-26,28-30H,21-22,36H2,1-14H3/t25-,26-,28-,29-,30-/m1/s1. The molecular weight excluding hydrogens is 647 g/mol. The Hall–Kier alpha value is -2.56. The first-order valence-corrected chi connectivity index (χ1v) is 22.5. The molecule has 270 valence electrons. The van der Waals surface area contributed by atoms with Gasteiger partial charge >= 0.3 is 11.7 Å². The summed E-state index contributed by atoms with van der Waals surface area (Å²) in [6.07, 6.45) is -1.52. The van der Waals surface area contributed by atoms with Gasteiger partial charge in [-0.2, -0.15) is 0 Å². The van der Waals surface area contributed by atoms with Gasteiger partial charge < -0.3 is 28.8 Å². The summed E-state index contributed by atoms with van der Waals surface area (Å²) in [4.78, 5) is 40.4. The summed E-state index contributed by atoms with van der Waals surface area (Å²) >= 11 is 0. The Labute approximate surface area is 288 Å². The van der Waals surface area contributed by atoms with Crippen LogP contribution in [0.25, 0.3) is 0 Å². The second kappa shape index (κ2) is 14.4. The zero-order valence-corrected chi connectivity index (χ0v) is 33.5. The van der Waals surface area contributed by atoms with Gasteiger partial charge in [0.1, 0.15) is 29.6 Å². The molecule has 0 aliphatic carbocycles. The topological polar surface area (TPSA) is 133 Å².